The fraction of sp³-hybridized carbons (Fsp3) is 0.222. The second kappa shape index (κ2) is 3.35. The van der Waals surface area contributed by atoms with E-state index in [1.807, 2.05) is 19.1 Å². The van der Waals surface area contributed by atoms with Gasteiger partial charge in [0, 0.05) is 24.4 Å². The lowest BCUT2D eigenvalue weighted by molar-refractivity contribution is 1.17. The third-order valence-electron chi connectivity index (χ3n) is 1.73. The van der Waals surface area contributed by atoms with Crippen molar-refractivity contribution in [2.24, 2.45) is 10.2 Å². The van der Waals surface area contributed by atoms with Crippen molar-refractivity contribution in [2.45, 2.75) is 13.3 Å². The van der Waals surface area contributed by atoms with Crippen LogP contribution in [-0.2, 0) is 0 Å². The first-order valence-corrected chi connectivity index (χ1v) is 4.17. The first-order valence-electron chi connectivity index (χ1n) is 4.17. The van der Waals surface area contributed by atoms with Gasteiger partial charge < -0.3 is 0 Å². The molecule has 0 saturated heterocycles. The molecule has 0 saturated carbocycles. The highest BCUT2D eigenvalue weighted by Gasteiger charge is 2.13. The van der Waals surface area contributed by atoms with Gasteiger partial charge in [-0.1, -0.05) is 6.92 Å². The van der Waals surface area contributed by atoms with E-state index in [0.717, 1.165) is 17.8 Å². The highest BCUT2D eigenvalue weighted by molar-refractivity contribution is 6.11. The minimum Gasteiger partial charge on any atom is -0.264 e. The van der Waals surface area contributed by atoms with Crippen LogP contribution in [0.3, 0.4) is 0 Å². The van der Waals surface area contributed by atoms with Crippen LogP contribution in [0.2, 0.25) is 0 Å². The minimum atomic E-state index is 0.657. The van der Waals surface area contributed by atoms with Crippen LogP contribution < -0.4 is 5.32 Å². The molecule has 1 aliphatic heterocycles. The van der Waals surface area contributed by atoms with Crippen molar-refractivity contribution >= 4 is 11.7 Å². The number of aromatic nitrogens is 1. The Balaban J connectivity index is 2.16. The van der Waals surface area contributed by atoms with Crippen LogP contribution in [0, 0.1) is 0 Å². The highest BCUT2D eigenvalue weighted by atomic mass is 15.3. The van der Waals surface area contributed by atoms with Gasteiger partial charge in [0.2, 0.25) is 0 Å². The van der Waals surface area contributed by atoms with E-state index >= 15 is 0 Å². The number of hydrogen-bond donors (Lipinski definition) is 0. The summed E-state index contributed by atoms with van der Waals surface area (Å²) in [5.41, 5.74) is 0.912. The smallest absolute Gasteiger partial charge is 0.185 e. The Hall–Kier alpha value is -1.71. The first kappa shape index (κ1) is 7.91. The number of rotatable bonds is 2. The van der Waals surface area contributed by atoms with Gasteiger partial charge in [-0.05, 0) is 12.1 Å². The van der Waals surface area contributed by atoms with Gasteiger partial charge in [-0.15, -0.1) is 10.2 Å². The van der Waals surface area contributed by atoms with Crippen molar-refractivity contribution in [3.63, 3.8) is 0 Å². The lowest BCUT2D eigenvalue weighted by atomic mass is 10.2. The molecule has 0 atom stereocenters. The fourth-order valence-corrected chi connectivity index (χ4v) is 1.04. The SMILES string of the molecule is CCC1=NN=C(c2cccnc2)[N]1. The monoisotopic (exact) mass is 173 g/mol. The zero-order chi connectivity index (χ0) is 9.10. The maximum atomic E-state index is 4.24. The van der Waals surface area contributed by atoms with Crippen molar-refractivity contribution in [2.75, 3.05) is 0 Å². The standard InChI is InChI=1S/C9H9N4/c1-2-8-11-9(13-12-8)7-4-3-5-10-6-7/h3-6H,2H2,1H3. The highest BCUT2D eigenvalue weighted by Crippen LogP contribution is 2.04. The van der Waals surface area contributed by atoms with Crippen molar-refractivity contribution < 1.29 is 0 Å². The Bertz CT molecular complexity index is 353. The van der Waals surface area contributed by atoms with E-state index in [0.29, 0.717) is 5.84 Å². The minimum absolute atomic E-state index is 0.657. The summed E-state index contributed by atoms with van der Waals surface area (Å²) >= 11 is 0. The van der Waals surface area contributed by atoms with Gasteiger partial charge in [-0.3, -0.25) is 4.98 Å². The summed E-state index contributed by atoms with van der Waals surface area (Å²) in [4.78, 5) is 3.99. The van der Waals surface area contributed by atoms with E-state index < -0.39 is 0 Å². The van der Waals surface area contributed by atoms with Gasteiger partial charge in [-0.25, -0.2) is 5.32 Å². The van der Waals surface area contributed by atoms with E-state index in [1.165, 1.54) is 0 Å². The number of amidine groups is 2. The lowest BCUT2D eigenvalue weighted by Gasteiger charge is -1.97. The molecule has 0 amide bonds. The van der Waals surface area contributed by atoms with Crippen LogP contribution >= 0.6 is 0 Å². The molecular formula is C9H9N4. The molecule has 0 N–H and O–H groups in total. The van der Waals surface area contributed by atoms with Gasteiger partial charge >= 0.3 is 0 Å². The second-order valence-electron chi connectivity index (χ2n) is 2.65. The lowest BCUT2D eigenvalue weighted by Crippen LogP contribution is -2.18. The van der Waals surface area contributed by atoms with Crippen LogP contribution in [0.15, 0.2) is 34.7 Å². The Morgan fingerprint density at radius 3 is 2.85 bits per heavy atom. The number of pyridine rings is 1. The van der Waals surface area contributed by atoms with Gasteiger partial charge in [0.15, 0.2) is 11.7 Å². The molecule has 0 spiro atoms. The normalized spacial score (nSPS) is 14.8. The van der Waals surface area contributed by atoms with Crippen LogP contribution in [0.5, 0.6) is 0 Å². The summed E-state index contributed by atoms with van der Waals surface area (Å²) in [6, 6.07) is 3.78. The van der Waals surface area contributed by atoms with Crippen molar-refractivity contribution in [1.82, 2.24) is 10.3 Å². The zero-order valence-corrected chi connectivity index (χ0v) is 7.31. The second-order valence-corrected chi connectivity index (χ2v) is 2.65. The quantitative estimate of drug-likeness (QED) is 0.662. The van der Waals surface area contributed by atoms with Crippen molar-refractivity contribution in [1.29, 1.82) is 0 Å². The molecule has 1 aromatic heterocycles. The summed E-state index contributed by atoms with van der Waals surface area (Å²) < 4.78 is 0. The van der Waals surface area contributed by atoms with E-state index in [-0.39, 0.29) is 0 Å². The van der Waals surface area contributed by atoms with Crippen LogP contribution in [0.1, 0.15) is 18.9 Å². The average Bonchev–Trinajstić information content (AvgIpc) is 2.67. The predicted molar refractivity (Wildman–Crippen MR) is 50.6 cm³/mol. The molecule has 2 heterocycles. The topological polar surface area (TPSA) is 51.7 Å². The molecule has 0 unspecified atom stereocenters. The summed E-state index contributed by atoms with van der Waals surface area (Å²) in [7, 11) is 0. The molecule has 2 rings (SSSR count). The van der Waals surface area contributed by atoms with Crippen LogP contribution in [0.25, 0.3) is 0 Å². The Morgan fingerprint density at radius 1 is 1.31 bits per heavy atom. The largest absolute Gasteiger partial charge is 0.264 e. The Kier molecular flexibility index (Phi) is 2.04. The van der Waals surface area contributed by atoms with Crippen LogP contribution in [0.4, 0.5) is 0 Å². The number of nitrogens with zero attached hydrogens (tertiary/aromatic N) is 4. The molecule has 1 aromatic rings. The predicted octanol–water partition coefficient (Wildman–Crippen LogP) is 1.17. The molecule has 4 nitrogen and oxygen atoms in total. The van der Waals surface area contributed by atoms with E-state index in [2.05, 4.69) is 20.5 Å². The molecule has 0 aromatic carbocycles. The van der Waals surface area contributed by atoms with Gasteiger partial charge in [-0.2, -0.15) is 0 Å². The van der Waals surface area contributed by atoms with E-state index in [4.69, 9.17) is 0 Å². The summed E-state index contributed by atoms with van der Waals surface area (Å²) in [5, 5.41) is 12.1. The number of hydrogen-bond acceptors (Lipinski definition) is 3. The fourth-order valence-electron chi connectivity index (χ4n) is 1.04. The molecule has 65 valence electrons. The summed E-state index contributed by atoms with van der Waals surface area (Å²) in [6.45, 7) is 2.00. The van der Waals surface area contributed by atoms with Crippen molar-refractivity contribution in [3.8, 4) is 0 Å². The van der Waals surface area contributed by atoms with Crippen LogP contribution in [-0.4, -0.2) is 16.7 Å². The first-order chi connectivity index (χ1) is 6.40. The third kappa shape index (κ3) is 1.56. The maximum Gasteiger partial charge on any atom is 0.185 e. The van der Waals surface area contributed by atoms with E-state index in [9.17, 15) is 0 Å². The molecule has 0 aliphatic carbocycles. The Labute approximate surface area is 76.4 Å². The molecule has 1 aliphatic rings. The van der Waals surface area contributed by atoms with Gasteiger partial charge in [0.05, 0.1) is 0 Å². The summed E-state index contributed by atoms with van der Waals surface area (Å²) in [6.07, 6.45) is 4.27. The molecule has 1 radical (unpaired) electrons. The maximum absolute atomic E-state index is 4.24. The third-order valence-corrected chi connectivity index (χ3v) is 1.73. The van der Waals surface area contributed by atoms with Crippen molar-refractivity contribution in [3.05, 3.63) is 30.1 Å². The zero-order valence-electron chi connectivity index (χ0n) is 7.31. The summed E-state index contributed by atoms with van der Waals surface area (Å²) in [5.74, 6) is 1.43. The van der Waals surface area contributed by atoms with E-state index in [1.54, 1.807) is 12.4 Å². The molecule has 0 bridgehead atoms. The van der Waals surface area contributed by atoms with Gasteiger partial charge in [0.1, 0.15) is 0 Å². The Morgan fingerprint density at radius 2 is 2.23 bits per heavy atom. The molecule has 0 fully saturated rings. The average molecular weight is 173 g/mol. The molecule has 4 heteroatoms. The van der Waals surface area contributed by atoms with Gasteiger partial charge in [0.25, 0.3) is 0 Å². The molecule has 13 heavy (non-hydrogen) atoms. The molecular weight excluding hydrogens is 164 g/mol.